The zero-order valence-corrected chi connectivity index (χ0v) is 13.3. The van der Waals surface area contributed by atoms with Gasteiger partial charge in [0.05, 0.1) is 12.1 Å². The molecule has 3 nitrogen and oxygen atoms in total. The number of hydrogen-bond acceptors (Lipinski definition) is 2. The van der Waals surface area contributed by atoms with Crippen LogP contribution in [0.2, 0.25) is 0 Å². The van der Waals surface area contributed by atoms with E-state index in [9.17, 15) is 9.59 Å². The van der Waals surface area contributed by atoms with Crippen LogP contribution in [0.3, 0.4) is 0 Å². The van der Waals surface area contributed by atoms with Crippen molar-refractivity contribution in [1.82, 2.24) is 5.32 Å². The van der Waals surface area contributed by atoms with Crippen molar-refractivity contribution in [2.45, 2.75) is 13.8 Å². The number of rotatable bonds is 4. The Labute approximate surface area is 123 Å². The molecule has 1 N–H and O–H groups in total. The Bertz CT molecular complexity index is 446. The third kappa shape index (κ3) is 4.39. The van der Waals surface area contributed by atoms with E-state index in [4.69, 9.17) is 0 Å². The lowest BCUT2D eigenvalue weighted by Crippen LogP contribution is -2.31. The van der Waals surface area contributed by atoms with Gasteiger partial charge in [0.15, 0.2) is 5.78 Å². The van der Waals surface area contributed by atoms with Crippen molar-refractivity contribution >= 4 is 50.2 Å². The van der Waals surface area contributed by atoms with Crippen molar-refractivity contribution in [3.05, 3.63) is 31.8 Å². The third-order valence-corrected chi connectivity index (χ3v) is 3.60. The number of nitrogens with one attached hydrogen (secondary N) is 1. The molecule has 0 fully saturated rings. The first-order valence-corrected chi connectivity index (χ1v) is 7.05. The fraction of sp³-hybridized carbons (Fsp3) is 0.333. The van der Waals surface area contributed by atoms with Crippen LogP contribution in [0.15, 0.2) is 22.7 Å². The zero-order chi connectivity index (χ0) is 13.0. The molecule has 0 unspecified atom stereocenters. The third-order valence-electron chi connectivity index (χ3n) is 2.24. The Morgan fingerprint density at radius 3 is 2.65 bits per heavy atom. The summed E-state index contributed by atoms with van der Waals surface area (Å²) in [6.45, 7) is 3.71. The Balaban J connectivity index is 2.70. The fourth-order valence-corrected chi connectivity index (χ4v) is 2.06. The van der Waals surface area contributed by atoms with Gasteiger partial charge in [-0.2, -0.15) is 0 Å². The van der Waals surface area contributed by atoms with Gasteiger partial charge in [0.25, 0.3) is 5.91 Å². The van der Waals surface area contributed by atoms with Gasteiger partial charge in [0.1, 0.15) is 0 Å². The minimum Gasteiger partial charge on any atom is -0.345 e. The molecule has 0 radical (unpaired) electrons. The maximum absolute atomic E-state index is 11.8. The molecule has 0 bridgehead atoms. The van der Waals surface area contributed by atoms with Crippen LogP contribution >= 0.6 is 38.5 Å². The van der Waals surface area contributed by atoms with Crippen LogP contribution in [0.4, 0.5) is 0 Å². The summed E-state index contributed by atoms with van der Waals surface area (Å²) >= 11 is 5.46. The topological polar surface area (TPSA) is 46.2 Å². The van der Waals surface area contributed by atoms with E-state index in [0.29, 0.717) is 5.56 Å². The molecule has 0 saturated heterocycles. The molecule has 17 heavy (non-hydrogen) atoms. The van der Waals surface area contributed by atoms with Crippen LogP contribution in [0.1, 0.15) is 24.2 Å². The highest BCUT2D eigenvalue weighted by molar-refractivity contribution is 14.1. The minimum atomic E-state index is -0.232. The summed E-state index contributed by atoms with van der Waals surface area (Å²) in [7, 11) is 0. The first kappa shape index (κ1) is 14.6. The first-order valence-electron chi connectivity index (χ1n) is 5.17. The van der Waals surface area contributed by atoms with Crippen molar-refractivity contribution < 1.29 is 9.59 Å². The number of Topliss-reactive ketones (excluding diaryl/α,β-unsaturated/α-hetero) is 1. The summed E-state index contributed by atoms with van der Waals surface area (Å²) in [6, 6.07) is 5.50. The maximum atomic E-state index is 11.8. The zero-order valence-electron chi connectivity index (χ0n) is 9.59. The predicted octanol–water partition coefficient (Wildman–Crippen LogP) is 3.01. The average molecular weight is 410 g/mol. The van der Waals surface area contributed by atoms with Crippen LogP contribution in [0, 0.1) is 9.49 Å². The summed E-state index contributed by atoms with van der Waals surface area (Å²) in [4.78, 5) is 23.3. The molecule has 0 aliphatic rings. The van der Waals surface area contributed by atoms with Crippen LogP contribution in [0.25, 0.3) is 0 Å². The Hall–Kier alpha value is -0.430. The molecule has 1 rings (SSSR count). The first-order chi connectivity index (χ1) is 7.91. The maximum Gasteiger partial charge on any atom is 0.252 e. The van der Waals surface area contributed by atoms with Crippen molar-refractivity contribution in [2.75, 3.05) is 6.54 Å². The molecule has 0 heterocycles. The highest BCUT2D eigenvalue weighted by Gasteiger charge is 2.13. The molecular formula is C12H13BrINO2. The molecule has 0 aliphatic heterocycles. The second-order valence-electron chi connectivity index (χ2n) is 3.93. The molecule has 0 aromatic heterocycles. The monoisotopic (exact) mass is 409 g/mol. The fourth-order valence-electron chi connectivity index (χ4n) is 1.14. The van der Waals surface area contributed by atoms with Gasteiger partial charge in [-0.05, 0) is 56.7 Å². The summed E-state index contributed by atoms with van der Waals surface area (Å²) in [5.74, 6) is -0.265. The van der Waals surface area contributed by atoms with E-state index in [-0.39, 0.29) is 24.2 Å². The number of amides is 1. The Kier molecular flexibility index (Phi) is 5.58. The highest BCUT2D eigenvalue weighted by atomic mass is 127. The molecule has 1 aromatic rings. The molecule has 0 saturated carbocycles. The van der Waals surface area contributed by atoms with Gasteiger partial charge in [-0.15, -0.1) is 0 Å². The van der Waals surface area contributed by atoms with Crippen LogP contribution in [0.5, 0.6) is 0 Å². The van der Waals surface area contributed by atoms with Gasteiger partial charge in [0.2, 0.25) is 0 Å². The van der Waals surface area contributed by atoms with Gasteiger partial charge in [0, 0.05) is 14.0 Å². The van der Waals surface area contributed by atoms with E-state index in [1.807, 2.05) is 26.0 Å². The SMILES string of the molecule is CC(C)C(=O)CNC(=O)c1cc(I)ccc1Br. The van der Waals surface area contributed by atoms with Gasteiger partial charge in [-0.1, -0.05) is 13.8 Å². The number of ketones is 1. The highest BCUT2D eigenvalue weighted by Crippen LogP contribution is 2.19. The predicted molar refractivity (Wildman–Crippen MR) is 79.0 cm³/mol. The molecule has 92 valence electrons. The lowest BCUT2D eigenvalue weighted by Gasteiger charge is -2.08. The van der Waals surface area contributed by atoms with Crippen molar-refractivity contribution in [1.29, 1.82) is 0 Å². The van der Waals surface area contributed by atoms with E-state index in [1.165, 1.54) is 0 Å². The lowest BCUT2D eigenvalue weighted by atomic mass is 10.1. The van der Waals surface area contributed by atoms with E-state index < -0.39 is 0 Å². The summed E-state index contributed by atoms with van der Waals surface area (Å²) < 4.78 is 1.71. The molecule has 0 aliphatic carbocycles. The molecule has 0 spiro atoms. The Morgan fingerprint density at radius 2 is 2.06 bits per heavy atom. The van der Waals surface area contributed by atoms with E-state index >= 15 is 0 Å². The molecular weight excluding hydrogens is 397 g/mol. The van der Waals surface area contributed by atoms with Gasteiger partial charge in [-0.25, -0.2) is 0 Å². The summed E-state index contributed by atoms with van der Waals surface area (Å²) in [5.41, 5.74) is 0.549. The van der Waals surface area contributed by atoms with Crippen molar-refractivity contribution in [2.24, 2.45) is 5.92 Å². The number of halogens is 2. The number of carbonyl (C=O) groups excluding carboxylic acids is 2. The molecule has 0 atom stereocenters. The van der Waals surface area contributed by atoms with E-state index in [0.717, 1.165) is 8.04 Å². The van der Waals surface area contributed by atoms with Crippen molar-refractivity contribution in [3.63, 3.8) is 0 Å². The molecule has 5 heteroatoms. The number of benzene rings is 1. The van der Waals surface area contributed by atoms with Crippen LogP contribution in [-0.2, 0) is 4.79 Å². The smallest absolute Gasteiger partial charge is 0.252 e. The largest absolute Gasteiger partial charge is 0.345 e. The number of carbonyl (C=O) groups is 2. The van der Waals surface area contributed by atoms with Gasteiger partial charge < -0.3 is 5.32 Å². The second-order valence-corrected chi connectivity index (χ2v) is 6.03. The molecule has 1 aromatic carbocycles. The van der Waals surface area contributed by atoms with Gasteiger partial charge >= 0.3 is 0 Å². The average Bonchev–Trinajstić information content (AvgIpc) is 2.28. The summed E-state index contributed by atoms with van der Waals surface area (Å²) in [5, 5.41) is 2.63. The normalized spacial score (nSPS) is 10.4. The van der Waals surface area contributed by atoms with Crippen molar-refractivity contribution in [3.8, 4) is 0 Å². The summed E-state index contributed by atoms with van der Waals surface area (Å²) in [6.07, 6.45) is 0. The quantitative estimate of drug-likeness (QED) is 0.777. The second kappa shape index (κ2) is 6.49. The standard InChI is InChI=1S/C12H13BrINO2/c1-7(2)11(16)6-15-12(17)9-5-8(14)3-4-10(9)13/h3-5,7H,6H2,1-2H3,(H,15,17). The molecule has 1 amide bonds. The van der Waals surface area contributed by atoms with Crippen LogP contribution < -0.4 is 5.32 Å². The van der Waals surface area contributed by atoms with E-state index in [1.54, 1.807) is 6.07 Å². The van der Waals surface area contributed by atoms with Gasteiger partial charge in [-0.3, -0.25) is 9.59 Å². The van der Waals surface area contributed by atoms with Crippen LogP contribution in [-0.4, -0.2) is 18.2 Å². The minimum absolute atomic E-state index is 0.0279. The van der Waals surface area contributed by atoms with E-state index in [2.05, 4.69) is 43.8 Å². The lowest BCUT2D eigenvalue weighted by molar-refractivity contribution is -0.120. The number of hydrogen-bond donors (Lipinski definition) is 1. The Morgan fingerprint density at radius 1 is 1.41 bits per heavy atom.